The van der Waals surface area contributed by atoms with E-state index in [-0.39, 0.29) is 36.7 Å². The quantitative estimate of drug-likeness (QED) is 0.0423. The van der Waals surface area contributed by atoms with E-state index in [1.807, 2.05) is 33.3 Å². The van der Waals surface area contributed by atoms with Gasteiger partial charge in [-0.05, 0) is 25.7 Å². The average Bonchev–Trinajstić information content (AvgIpc) is 2.94. The van der Waals surface area contributed by atoms with Gasteiger partial charge in [0.1, 0.15) is 6.61 Å². The molecule has 0 heterocycles. The summed E-state index contributed by atoms with van der Waals surface area (Å²) in [6, 6.07) is -0.623. The number of aliphatic carboxylic acids is 1. The molecule has 0 spiro atoms. The predicted molar refractivity (Wildman–Crippen MR) is 174 cm³/mol. The molecule has 0 aromatic rings. The van der Waals surface area contributed by atoms with E-state index >= 15 is 0 Å². The number of hydrogen-bond acceptors (Lipinski definition) is 6. The molecule has 0 aliphatic heterocycles. The maximum absolute atomic E-state index is 12.5. The molecule has 0 aliphatic carbocycles. The number of carboxylic acids is 1. The number of carbonyl (C=O) groups is 3. The molecule has 0 bridgehead atoms. The number of likely N-dealkylation sites (N-methyl/N-ethyl adjacent to an activating group) is 1. The molecule has 0 saturated heterocycles. The molecule has 2 atom stereocenters. The molecule has 0 aromatic carbocycles. The van der Waals surface area contributed by atoms with Gasteiger partial charge in [0.05, 0.1) is 40.8 Å². The van der Waals surface area contributed by atoms with Crippen molar-refractivity contribution in [1.29, 1.82) is 0 Å². The monoisotopic (exact) mass is 608 g/mol. The maximum Gasteiger partial charge on any atom is 0.362 e. The normalized spacial score (nSPS) is 13.6. The third-order valence-electron chi connectivity index (χ3n) is 7.09. The summed E-state index contributed by atoms with van der Waals surface area (Å²) in [6.07, 6.45) is 26.6. The van der Waals surface area contributed by atoms with Gasteiger partial charge in [-0.2, -0.15) is 0 Å². The molecular formula is C35H62NO7+. The summed E-state index contributed by atoms with van der Waals surface area (Å²) < 4.78 is 17.0. The van der Waals surface area contributed by atoms with Crippen LogP contribution in [0.15, 0.2) is 36.5 Å². The summed E-state index contributed by atoms with van der Waals surface area (Å²) >= 11 is 0. The molecule has 0 rings (SSSR count). The first-order valence-corrected chi connectivity index (χ1v) is 16.5. The van der Waals surface area contributed by atoms with E-state index in [4.69, 9.17) is 14.2 Å². The first-order valence-electron chi connectivity index (χ1n) is 16.5. The lowest BCUT2D eigenvalue weighted by atomic mass is 10.1. The van der Waals surface area contributed by atoms with E-state index in [2.05, 4.69) is 32.1 Å². The van der Waals surface area contributed by atoms with E-state index in [0.29, 0.717) is 12.8 Å². The van der Waals surface area contributed by atoms with Crippen molar-refractivity contribution in [3.8, 4) is 0 Å². The van der Waals surface area contributed by atoms with Crippen molar-refractivity contribution in [1.82, 2.24) is 0 Å². The van der Waals surface area contributed by atoms with Crippen LogP contribution in [0.25, 0.3) is 0 Å². The molecule has 0 aliphatic rings. The maximum atomic E-state index is 12.5. The SMILES string of the molecule is CC/C=C/C/C=C/C/C=C/CC(=O)OC(COCCC(C(=O)O)[N+](C)(C)C)COC(=O)CCCCCCCCCCCC. The topological polar surface area (TPSA) is 99.1 Å². The summed E-state index contributed by atoms with van der Waals surface area (Å²) in [5, 5.41) is 9.53. The highest BCUT2D eigenvalue weighted by atomic mass is 16.6. The lowest BCUT2D eigenvalue weighted by molar-refractivity contribution is -0.887. The number of carboxylic acid groups (broad SMARTS) is 1. The van der Waals surface area contributed by atoms with Crippen LogP contribution in [0.4, 0.5) is 0 Å². The predicted octanol–water partition coefficient (Wildman–Crippen LogP) is 7.57. The Balaban J connectivity index is 4.60. The van der Waals surface area contributed by atoms with Crippen LogP contribution < -0.4 is 0 Å². The fourth-order valence-electron chi connectivity index (χ4n) is 4.51. The highest BCUT2D eigenvalue weighted by Crippen LogP contribution is 2.12. The average molecular weight is 609 g/mol. The second-order valence-electron chi connectivity index (χ2n) is 12.1. The van der Waals surface area contributed by atoms with Crippen molar-refractivity contribution in [2.75, 3.05) is 41.0 Å². The van der Waals surface area contributed by atoms with E-state index in [9.17, 15) is 19.5 Å². The van der Waals surface area contributed by atoms with Gasteiger partial charge in [0, 0.05) is 12.8 Å². The molecule has 1 N–H and O–H groups in total. The Morgan fingerprint density at radius 1 is 0.721 bits per heavy atom. The Hall–Kier alpha value is -2.45. The number of nitrogens with zero attached hydrogens (tertiary/aromatic N) is 1. The second-order valence-corrected chi connectivity index (χ2v) is 12.1. The second kappa shape index (κ2) is 27.1. The van der Waals surface area contributed by atoms with Gasteiger partial charge in [-0.15, -0.1) is 0 Å². The van der Waals surface area contributed by atoms with Crippen LogP contribution in [0.5, 0.6) is 0 Å². The fraction of sp³-hybridized carbons (Fsp3) is 0.743. The minimum absolute atomic E-state index is 0.0263. The summed E-state index contributed by atoms with van der Waals surface area (Å²) in [5.74, 6) is -1.63. The Morgan fingerprint density at radius 2 is 1.28 bits per heavy atom. The Labute approximate surface area is 262 Å². The molecular weight excluding hydrogens is 546 g/mol. The van der Waals surface area contributed by atoms with Crippen LogP contribution in [-0.4, -0.2) is 80.6 Å². The lowest BCUT2D eigenvalue weighted by Crippen LogP contribution is -2.50. The van der Waals surface area contributed by atoms with Gasteiger partial charge in [-0.25, -0.2) is 4.79 Å². The zero-order chi connectivity index (χ0) is 32.2. The molecule has 0 saturated carbocycles. The van der Waals surface area contributed by atoms with Gasteiger partial charge < -0.3 is 23.8 Å². The van der Waals surface area contributed by atoms with E-state index in [1.54, 1.807) is 6.08 Å². The Morgan fingerprint density at radius 3 is 1.84 bits per heavy atom. The highest BCUT2D eigenvalue weighted by molar-refractivity contribution is 5.72. The molecule has 0 amide bonds. The van der Waals surface area contributed by atoms with E-state index in [0.717, 1.165) is 38.5 Å². The molecule has 0 radical (unpaired) electrons. The van der Waals surface area contributed by atoms with Crippen LogP contribution >= 0.6 is 0 Å². The van der Waals surface area contributed by atoms with Crippen molar-refractivity contribution < 1.29 is 38.2 Å². The first kappa shape index (κ1) is 40.5. The third-order valence-corrected chi connectivity index (χ3v) is 7.09. The van der Waals surface area contributed by atoms with Crippen LogP contribution in [-0.2, 0) is 28.6 Å². The van der Waals surface area contributed by atoms with E-state index in [1.165, 1.54) is 44.9 Å². The highest BCUT2D eigenvalue weighted by Gasteiger charge is 2.31. The zero-order valence-corrected chi connectivity index (χ0v) is 27.9. The largest absolute Gasteiger partial charge is 0.477 e. The molecule has 0 fully saturated rings. The molecule has 8 nitrogen and oxygen atoms in total. The number of unbranched alkanes of at least 4 members (excludes halogenated alkanes) is 9. The standard InChI is InChI=1S/C35H61NO7/c1-6-8-10-12-14-16-18-19-21-23-25-33(37)42-30-31(29-41-28-27-32(35(39)40)36(3,4)5)43-34(38)26-24-22-20-17-15-13-11-9-7-2/h9,11,15,17,22,24,31-32H,6-8,10,12-14,16,18-21,23,25-30H2,1-5H3/p+1/b11-9+,17-15+,24-22+. The van der Waals surface area contributed by atoms with Gasteiger partial charge in [0.2, 0.25) is 0 Å². The molecule has 8 heteroatoms. The Kier molecular flexibility index (Phi) is 25.6. The van der Waals surface area contributed by atoms with Crippen LogP contribution in [0, 0.1) is 0 Å². The van der Waals surface area contributed by atoms with Crippen LogP contribution in [0.3, 0.4) is 0 Å². The van der Waals surface area contributed by atoms with Gasteiger partial charge in [0.15, 0.2) is 12.1 Å². The number of quaternary nitrogens is 1. The smallest absolute Gasteiger partial charge is 0.362 e. The minimum atomic E-state index is -0.890. The van der Waals surface area contributed by atoms with Gasteiger partial charge in [-0.1, -0.05) is 108 Å². The molecule has 248 valence electrons. The summed E-state index contributed by atoms with van der Waals surface area (Å²) in [5.41, 5.74) is 0. The van der Waals surface area contributed by atoms with Crippen molar-refractivity contribution in [2.45, 2.75) is 129 Å². The van der Waals surface area contributed by atoms with Crippen LogP contribution in [0.1, 0.15) is 117 Å². The van der Waals surface area contributed by atoms with Crippen molar-refractivity contribution in [3.05, 3.63) is 36.5 Å². The fourth-order valence-corrected chi connectivity index (χ4v) is 4.51. The van der Waals surface area contributed by atoms with Gasteiger partial charge in [-0.3, -0.25) is 9.59 Å². The number of carbonyl (C=O) groups excluding carboxylic acids is 2. The first-order chi connectivity index (χ1) is 20.6. The summed E-state index contributed by atoms with van der Waals surface area (Å²) in [7, 11) is 5.47. The van der Waals surface area contributed by atoms with Crippen molar-refractivity contribution >= 4 is 17.9 Å². The number of hydrogen-bond donors (Lipinski definition) is 1. The summed E-state index contributed by atoms with van der Waals surface area (Å²) in [6.45, 7) is 4.46. The van der Waals surface area contributed by atoms with Gasteiger partial charge >= 0.3 is 17.9 Å². The number of esters is 2. The number of rotatable bonds is 28. The minimum Gasteiger partial charge on any atom is -0.477 e. The molecule has 43 heavy (non-hydrogen) atoms. The third kappa shape index (κ3) is 25.7. The number of ether oxygens (including phenoxy) is 3. The Bertz CT molecular complexity index is 813. The lowest BCUT2D eigenvalue weighted by Gasteiger charge is -2.31. The molecule has 0 aromatic heterocycles. The number of allylic oxidation sites excluding steroid dienone is 5. The van der Waals surface area contributed by atoms with Crippen molar-refractivity contribution in [3.63, 3.8) is 0 Å². The summed E-state index contributed by atoms with van der Waals surface area (Å²) in [4.78, 5) is 36.4. The van der Waals surface area contributed by atoms with Crippen molar-refractivity contribution in [2.24, 2.45) is 0 Å². The van der Waals surface area contributed by atoms with Crippen LogP contribution in [0.2, 0.25) is 0 Å². The molecule has 2 unspecified atom stereocenters. The zero-order valence-electron chi connectivity index (χ0n) is 27.9. The van der Waals surface area contributed by atoms with E-state index < -0.39 is 24.1 Å². The van der Waals surface area contributed by atoms with Gasteiger partial charge in [0.25, 0.3) is 0 Å².